The molecule has 0 atom stereocenters. The number of nitrogens with zero attached hydrogens (tertiary/aromatic N) is 12. The first-order chi connectivity index (χ1) is 32.7. The Labute approximate surface area is 397 Å². The molecule has 2 aliphatic heterocycles. The zero-order valence-electron chi connectivity index (χ0n) is 38.6. The van der Waals surface area contributed by atoms with E-state index in [1.165, 1.54) is 23.6 Å². The highest BCUT2D eigenvalue weighted by molar-refractivity contribution is 7.91. The lowest BCUT2D eigenvalue weighted by Crippen LogP contribution is -2.43. The lowest BCUT2D eigenvalue weighted by molar-refractivity contribution is 0.148. The average Bonchev–Trinajstić information content (AvgIpc) is 3.97. The molecule has 18 heteroatoms. The van der Waals surface area contributed by atoms with Crippen molar-refractivity contribution in [2.75, 3.05) is 89.0 Å². The van der Waals surface area contributed by atoms with Gasteiger partial charge in [-0.2, -0.15) is 9.97 Å². The van der Waals surface area contributed by atoms with Gasteiger partial charge in [0.25, 0.3) is 11.9 Å². The second kappa shape index (κ2) is 18.5. The van der Waals surface area contributed by atoms with Crippen LogP contribution in [0.4, 0.5) is 23.3 Å². The van der Waals surface area contributed by atoms with Crippen molar-refractivity contribution in [3.8, 4) is 22.5 Å². The molecule has 2 aliphatic rings. The summed E-state index contributed by atoms with van der Waals surface area (Å²) in [5.41, 5.74) is 7.53. The minimum absolute atomic E-state index is 0.202. The lowest BCUT2D eigenvalue weighted by Gasteiger charge is -2.34. The second-order valence-electron chi connectivity index (χ2n) is 17.9. The number of anilines is 4. The van der Waals surface area contributed by atoms with Crippen LogP contribution < -0.4 is 10.0 Å². The van der Waals surface area contributed by atoms with Crippen molar-refractivity contribution in [1.29, 1.82) is 0 Å². The molecule has 0 aliphatic carbocycles. The van der Waals surface area contributed by atoms with Crippen LogP contribution in [-0.4, -0.2) is 145 Å². The van der Waals surface area contributed by atoms with Gasteiger partial charge in [0.15, 0.2) is 31.0 Å². The van der Waals surface area contributed by atoms with Gasteiger partial charge in [0.1, 0.15) is 0 Å². The summed E-state index contributed by atoms with van der Waals surface area (Å²) in [6.07, 6.45) is 2.40. The van der Waals surface area contributed by atoms with Gasteiger partial charge in [-0.25, -0.2) is 35.9 Å². The maximum atomic E-state index is 12.7. The van der Waals surface area contributed by atoms with E-state index in [0.717, 1.165) is 76.8 Å². The van der Waals surface area contributed by atoms with E-state index < -0.39 is 19.7 Å². The molecule has 4 aromatic heterocycles. The molecule has 0 N–H and O–H groups in total. The predicted molar refractivity (Wildman–Crippen MR) is 266 cm³/mol. The molecule has 0 unspecified atom stereocenters. The molecule has 16 nitrogen and oxygen atoms in total. The quantitative estimate of drug-likeness (QED) is 0.119. The van der Waals surface area contributed by atoms with Crippen molar-refractivity contribution in [1.82, 2.24) is 48.8 Å². The van der Waals surface area contributed by atoms with Crippen LogP contribution in [0.2, 0.25) is 0 Å². The fraction of sp³-hybridized carbons (Fsp3) is 0.280. The van der Waals surface area contributed by atoms with Gasteiger partial charge in [0, 0.05) is 89.1 Å². The van der Waals surface area contributed by atoms with Crippen LogP contribution in [0.15, 0.2) is 143 Å². The van der Waals surface area contributed by atoms with E-state index in [-0.39, 0.29) is 9.79 Å². The Kier molecular flexibility index (Phi) is 12.3. The third-order valence-electron chi connectivity index (χ3n) is 12.8. The van der Waals surface area contributed by atoms with Crippen molar-refractivity contribution in [3.63, 3.8) is 0 Å². The fourth-order valence-electron chi connectivity index (χ4n) is 8.83. The number of benzene rings is 4. The van der Waals surface area contributed by atoms with Crippen LogP contribution >= 0.6 is 0 Å². The van der Waals surface area contributed by atoms with Crippen LogP contribution in [0.1, 0.15) is 11.1 Å². The van der Waals surface area contributed by atoms with Crippen LogP contribution in [-0.2, 0) is 32.8 Å². The summed E-state index contributed by atoms with van der Waals surface area (Å²) in [5, 5.41) is 14.2. The zero-order valence-corrected chi connectivity index (χ0v) is 40.2. The molecular formula is C50H54N12O4S2. The maximum Gasteiger partial charge on any atom is 0.269 e. The van der Waals surface area contributed by atoms with Crippen LogP contribution in [0.3, 0.4) is 0 Å². The second-order valence-corrected chi connectivity index (χ2v) is 21.9. The summed E-state index contributed by atoms with van der Waals surface area (Å²) in [7, 11) is -2.66. The van der Waals surface area contributed by atoms with Gasteiger partial charge in [0.2, 0.25) is 0 Å². The van der Waals surface area contributed by atoms with Gasteiger partial charge in [-0.05, 0) is 98.0 Å². The first-order valence-electron chi connectivity index (χ1n) is 22.7. The third-order valence-corrected chi connectivity index (χ3v) is 15.0. The molecule has 0 radical (unpaired) electrons. The number of hydrazine groups is 1. The Morgan fingerprint density at radius 2 is 0.838 bits per heavy atom. The van der Waals surface area contributed by atoms with Gasteiger partial charge in [-0.3, -0.25) is 9.80 Å². The van der Waals surface area contributed by atoms with E-state index in [9.17, 15) is 16.8 Å². The summed E-state index contributed by atoms with van der Waals surface area (Å²) < 4.78 is 54.2. The number of sulfone groups is 2. The average molecular weight is 951 g/mol. The van der Waals surface area contributed by atoms with Crippen molar-refractivity contribution in [2.24, 2.45) is 0 Å². The molecule has 0 saturated carbocycles. The Balaban J connectivity index is 1.14. The molecule has 0 bridgehead atoms. The number of piperazine rings is 2. The largest absolute Gasteiger partial charge is 0.304 e. The minimum Gasteiger partial charge on any atom is -0.304 e. The van der Waals surface area contributed by atoms with Crippen molar-refractivity contribution in [3.05, 3.63) is 145 Å². The summed E-state index contributed by atoms with van der Waals surface area (Å²) in [6.45, 7) is 9.66. The normalized spacial score (nSPS) is 15.9. The van der Waals surface area contributed by atoms with Gasteiger partial charge in [-0.15, -0.1) is 10.2 Å². The summed E-state index contributed by atoms with van der Waals surface area (Å²) in [6, 6.07) is 41.8. The van der Waals surface area contributed by atoms with Gasteiger partial charge in [0.05, 0.1) is 32.6 Å². The van der Waals surface area contributed by atoms with E-state index in [4.69, 9.17) is 20.2 Å². The molecular weight excluding hydrogens is 897 g/mol. The number of pyridine rings is 2. The molecule has 0 amide bonds. The number of hydrogen-bond donors (Lipinski definition) is 0. The van der Waals surface area contributed by atoms with Gasteiger partial charge >= 0.3 is 0 Å². The number of rotatable bonds is 13. The molecule has 2 fully saturated rings. The fourth-order valence-corrected chi connectivity index (χ4v) is 10.2. The maximum absolute atomic E-state index is 12.7. The smallest absolute Gasteiger partial charge is 0.269 e. The van der Waals surface area contributed by atoms with Gasteiger partial charge in [-0.1, -0.05) is 60.7 Å². The Morgan fingerprint density at radius 3 is 1.21 bits per heavy atom. The standard InChI is InChI=1S/C50H54N12O4S2/c1-55-25-29-57(30-26-55)35-37-17-21-41(22-18-37)61(49-51-47-15-7-13-45(59(47)53-49)39-9-5-11-43(33-39)67(3,63)64)62(42-23-19-38(20-24-42)36-58-31-27-56(2)28-32-58)50-52-48-16-8-14-46(60(48)54-50)40-10-6-12-44(34-40)68(4,65)66/h5-24,33-34H,25-32,35-36H2,1-4H3. The first kappa shape index (κ1) is 45.3. The Bertz CT molecular complexity index is 3100. The monoisotopic (exact) mass is 950 g/mol. The van der Waals surface area contributed by atoms with Crippen molar-refractivity contribution >= 4 is 54.2 Å². The highest BCUT2D eigenvalue weighted by Gasteiger charge is 2.30. The molecule has 2 saturated heterocycles. The number of likely N-dealkylation sites (N-methyl/N-ethyl adjacent to an activating group) is 2. The molecule has 10 rings (SSSR count). The van der Waals surface area contributed by atoms with E-state index in [2.05, 4.69) is 82.2 Å². The summed E-state index contributed by atoms with van der Waals surface area (Å²) >= 11 is 0. The highest BCUT2D eigenvalue weighted by atomic mass is 32.2. The topological polar surface area (TPSA) is 148 Å². The number of aromatic nitrogens is 6. The molecule has 350 valence electrons. The van der Waals surface area contributed by atoms with E-state index in [0.29, 0.717) is 45.7 Å². The molecule has 4 aromatic carbocycles. The molecule has 8 aromatic rings. The Morgan fingerprint density at radius 1 is 0.471 bits per heavy atom. The lowest BCUT2D eigenvalue weighted by atomic mass is 10.1. The van der Waals surface area contributed by atoms with Crippen LogP contribution in [0.5, 0.6) is 0 Å². The molecule has 68 heavy (non-hydrogen) atoms. The van der Waals surface area contributed by atoms with E-state index >= 15 is 0 Å². The Hall–Kier alpha value is -6.54. The molecule has 0 spiro atoms. The van der Waals surface area contributed by atoms with Crippen molar-refractivity contribution in [2.45, 2.75) is 22.9 Å². The third kappa shape index (κ3) is 9.60. The minimum atomic E-state index is -3.49. The predicted octanol–water partition coefficient (Wildman–Crippen LogP) is 6.30. The summed E-state index contributed by atoms with van der Waals surface area (Å²) in [4.78, 5) is 20.4. The zero-order chi connectivity index (χ0) is 47.2. The molecule has 6 heterocycles. The van der Waals surface area contributed by atoms with Gasteiger partial charge < -0.3 is 9.80 Å². The van der Waals surface area contributed by atoms with Crippen LogP contribution in [0, 0.1) is 0 Å². The highest BCUT2D eigenvalue weighted by Crippen LogP contribution is 2.36. The SMILES string of the molecule is CN1CCN(Cc2ccc(N(c3nc4cccc(-c5cccc(S(C)(=O)=O)c5)n4n3)N(c3ccc(CN4CCN(C)CC4)cc3)c3nc4cccc(-c5cccc(S(C)(=O)=O)c5)n4n3)cc2)CC1. The summed E-state index contributed by atoms with van der Waals surface area (Å²) in [5.74, 6) is 0.620. The van der Waals surface area contributed by atoms with E-state index in [1.54, 1.807) is 45.4 Å². The van der Waals surface area contributed by atoms with E-state index in [1.807, 2.05) is 58.5 Å². The number of hydrogen-bond acceptors (Lipinski definition) is 14. The van der Waals surface area contributed by atoms with Crippen LogP contribution in [0.25, 0.3) is 33.8 Å². The first-order valence-corrected chi connectivity index (χ1v) is 26.4. The number of fused-ring (bicyclic) bond motifs is 2. The van der Waals surface area contributed by atoms with Crippen molar-refractivity contribution < 1.29 is 16.8 Å².